The third-order valence-electron chi connectivity index (χ3n) is 3.50. The monoisotopic (exact) mass is 345 g/mol. The third kappa shape index (κ3) is 3.43. The van der Waals surface area contributed by atoms with E-state index in [1.165, 1.54) is 12.1 Å². The number of hydrogen-bond donors (Lipinski definition) is 1. The van der Waals surface area contributed by atoms with E-state index in [9.17, 15) is 13.2 Å². The van der Waals surface area contributed by atoms with Crippen molar-refractivity contribution in [2.45, 2.75) is 17.4 Å². The third-order valence-corrected chi connectivity index (χ3v) is 4.66. The van der Waals surface area contributed by atoms with Crippen LogP contribution < -0.4 is 5.32 Å². The first-order valence-electron chi connectivity index (χ1n) is 7.18. The number of benzene rings is 1. The molecule has 0 saturated carbocycles. The normalized spacial score (nSPS) is 17.0. The average Bonchev–Trinajstić information content (AvgIpc) is 3.05. The van der Waals surface area contributed by atoms with Crippen LogP contribution in [-0.4, -0.2) is 37.4 Å². The van der Waals surface area contributed by atoms with Crippen molar-refractivity contribution in [3.05, 3.63) is 54.4 Å². The van der Waals surface area contributed by atoms with Crippen LogP contribution in [0.25, 0.3) is 0 Å². The van der Waals surface area contributed by atoms with Crippen molar-refractivity contribution in [3.8, 4) is 0 Å². The number of oxime groups is 1. The molecule has 1 amide bonds. The molecule has 2 aromatic rings. The van der Waals surface area contributed by atoms with Crippen molar-refractivity contribution in [2.24, 2.45) is 5.16 Å². The van der Waals surface area contributed by atoms with Gasteiger partial charge >= 0.3 is 0 Å². The van der Waals surface area contributed by atoms with Gasteiger partial charge in [0.15, 0.2) is 9.84 Å². The van der Waals surface area contributed by atoms with Crippen molar-refractivity contribution in [1.29, 1.82) is 0 Å². The second-order valence-electron chi connectivity index (χ2n) is 5.34. The smallest absolute Gasteiger partial charge is 0.268 e. The van der Waals surface area contributed by atoms with E-state index in [0.717, 1.165) is 11.8 Å². The molecule has 8 heteroatoms. The Balaban J connectivity index is 1.72. The molecule has 2 heterocycles. The van der Waals surface area contributed by atoms with Gasteiger partial charge < -0.3 is 10.2 Å². The zero-order valence-electron chi connectivity index (χ0n) is 12.8. The van der Waals surface area contributed by atoms with Crippen LogP contribution in [0.5, 0.6) is 0 Å². The number of amides is 1. The molecule has 0 unspecified atom stereocenters. The molecule has 1 aromatic heterocycles. The lowest BCUT2D eigenvalue weighted by molar-refractivity contribution is -0.125. The van der Waals surface area contributed by atoms with Crippen LogP contribution in [0.2, 0.25) is 0 Å². The van der Waals surface area contributed by atoms with E-state index >= 15 is 0 Å². The van der Waals surface area contributed by atoms with Gasteiger partial charge in [-0.3, -0.25) is 9.78 Å². The molecule has 1 aromatic carbocycles. The summed E-state index contributed by atoms with van der Waals surface area (Å²) in [6.07, 6.45) is 3.85. The molecule has 0 saturated heterocycles. The molecule has 1 aliphatic rings. The number of hydrogen-bond acceptors (Lipinski definition) is 6. The minimum Gasteiger partial charge on any atom is -0.382 e. The number of para-hydroxylation sites is 1. The highest BCUT2D eigenvalue weighted by atomic mass is 32.2. The van der Waals surface area contributed by atoms with E-state index in [1.807, 2.05) is 6.07 Å². The van der Waals surface area contributed by atoms with Gasteiger partial charge in [0, 0.05) is 30.6 Å². The molecule has 124 valence electrons. The maximum atomic E-state index is 12.4. The first kappa shape index (κ1) is 16.1. The maximum Gasteiger partial charge on any atom is 0.268 e. The quantitative estimate of drug-likeness (QED) is 0.908. The number of aromatic nitrogens is 1. The van der Waals surface area contributed by atoms with E-state index in [0.29, 0.717) is 12.1 Å². The molecule has 24 heavy (non-hydrogen) atoms. The molecule has 1 aliphatic heterocycles. The lowest BCUT2D eigenvalue weighted by Crippen LogP contribution is -2.28. The summed E-state index contributed by atoms with van der Waals surface area (Å²) in [5.41, 5.74) is 1.63. The highest BCUT2D eigenvalue weighted by molar-refractivity contribution is 7.90. The maximum absolute atomic E-state index is 12.4. The van der Waals surface area contributed by atoms with Crippen LogP contribution in [0.4, 0.5) is 5.69 Å². The lowest BCUT2D eigenvalue weighted by atomic mass is 10.1. The topological polar surface area (TPSA) is 97.7 Å². The number of anilines is 1. The fourth-order valence-electron chi connectivity index (χ4n) is 2.33. The van der Waals surface area contributed by atoms with Gasteiger partial charge in [-0.2, -0.15) is 0 Å². The zero-order chi connectivity index (χ0) is 17.2. The van der Waals surface area contributed by atoms with Gasteiger partial charge in [-0.05, 0) is 24.3 Å². The molecule has 0 bridgehead atoms. The molecular formula is C16H15N3O4S. The van der Waals surface area contributed by atoms with Gasteiger partial charge in [-0.1, -0.05) is 17.3 Å². The summed E-state index contributed by atoms with van der Waals surface area (Å²) >= 11 is 0. The van der Waals surface area contributed by atoms with Gasteiger partial charge in [-0.25, -0.2) is 8.42 Å². The Morgan fingerprint density at radius 3 is 2.75 bits per heavy atom. The lowest BCUT2D eigenvalue weighted by Gasteiger charge is -2.12. The molecule has 0 spiro atoms. The van der Waals surface area contributed by atoms with Gasteiger partial charge in [-0.15, -0.1) is 0 Å². The number of nitrogens with zero attached hydrogens (tertiary/aromatic N) is 2. The molecular weight excluding hydrogens is 330 g/mol. The molecule has 3 rings (SSSR count). The van der Waals surface area contributed by atoms with E-state index in [1.54, 1.807) is 30.6 Å². The van der Waals surface area contributed by atoms with Crippen LogP contribution >= 0.6 is 0 Å². The van der Waals surface area contributed by atoms with Gasteiger partial charge in [0.05, 0.1) is 16.3 Å². The Morgan fingerprint density at radius 2 is 2.04 bits per heavy atom. The minimum atomic E-state index is -3.45. The highest BCUT2D eigenvalue weighted by Gasteiger charge is 2.29. The Hall–Kier alpha value is -2.74. The second kappa shape index (κ2) is 6.40. The van der Waals surface area contributed by atoms with Crippen LogP contribution in [0.15, 0.2) is 58.8 Å². The number of pyridine rings is 1. The molecule has 0 fully saturated rings. The Morgan fingerprint density at radius 1 is 1.25 bits per heavy atom. The molecule has 7 nitrogen and oxygen atoms in total. The molecule has 0 radical (unpaired) electrons. The van der Waals surface area contributed by atoms with Gasteiger partial charge in [0.1, 0.15) is 0 Å². The Kier molecular flexibility index (Phi) is 4.30. The van der Waals surface area contributed by atoms with Crippen LogP contribution in [0.3, 0.4) is 0 Å². The van der Waals surface area contributed by atoms with Crippen LogP contribution in [0.1, 0.15) is 12.0 Å². The molecule has 1 atom stereocenters. The van der Waals surface area contributed by atoms with E-state index < -0.39 is 21.8 Å². The summed E-state index contributed by atoms with van der Waals surface area (Å²) in [7, 11) is -3.45. The summed E-state index contributed by atoms with van der Waals surface area (Å²) in [5, 5.41) is 6.52. The Labute approximate surface area is 139 Å². The molecule has 0 aliphatic carbocycles. The van der Waals surface area contributed by atoms with E-state index in [2.05, 4.69) is 15.5 Å². The summed E-state index contributed by atoms with van der Waals surface area (Å²) in [5.74, 6) is -0.450. The predicted octanol–water partition coefficient (Wildman–Crippen LogP) is 1.62. The van der Waals surface area contributed by atoms with Crippen molar-refractivity contribution in [2.75, 3.05) is 11.6 Å². The highest BCUT2D eigenvalue weighted by Crippen LogP contribution is 2.23. The van der Waals surface area contributed by atoms with Gasteiger partial charge in [0.2, 0.25) is 6.10 Å². The number of carbonyl (C=O) groups excluding carboxylic acids is 1. The average molecular weight is 345 g/mol. The predicted molar refractivity (Wildman–Crippen MR) is 88.4 cm³/mol. The molecule has 1 N–H and O–H groups in total. The fourth-order valence-corrected chi connectivity index (χ4v) is 3.17. The van der Waals surface area contributed by atoms with Gasteiger partial charge in [0.25, 0.3) is 5.91 Å². The van der Waals surface area contributed by atoms with Crippen LogP contribution in [-0.2, 0) is 19.5 Å². The minimum absolute atomic E-state index is 0.0600. The standard InChI is InChI=1S/C16H15N3O4S/c1-24(21,22)15-7-3-2-6-12(15)18-16(20)14-9-13(19-23-14)11-5-4-8-17-10-11/h2-8,10,14H,9H2,1H3,(H,18,20)/t14-/m1/s1. The van der Waals surface area contributed by atoms with Crippen molar-refractivity contribution in [3.63, 3.8) is 0 Å². The number of rotatable bonds is 4. The Bertz CT molecular complexity index is 895. The second-order valence-corrected chi connectivity index (χ2v) is 7.32. The van der Waals surface area contributed by atoms with Crippen LogP contribution in [0, 0.1) is 0 Å². The number of carbonyl (C=O) groups is 1. The number of nitrogens with one attached hydrogen (secondary N) is 1. The summed E-state index contributed by atoms with van der Waals surface area (Å²) < 4.78 is 23.6. The fraction of sp³-hybridized carbons (Fsp3) is 0.188. The first-order chi connectivity index (χ1) is 11.4. The van der Waals surface area contributed by atoms with Crippen molar-refractivity contribution >= 4 is 27.1 Å². The summed E-state index contributed by atoms with van der Waals surface area (Å²) in [4.78, 5) is 21.6. The first-order valence-corrected chi connectivity index (χ1v) is 9.07. The largest absolute Gasteiger partial charge is 0.382 e. The SMILES string of the molecule is CS(=O)(=O)c1ccccc1NC(=O)[C@H]1CC(c2cccnc2)=NO1. The van der Waals surface area contributed by atoms with E-state index in [-0.39, 0.29) is 10.6 Å². The van der Waals surface area contributed by atoms with Crippen molar-refractivity contribution < 1.29 is 18.0 Å². The van der Waals surface area contributed by atoms with Crippen molar-refractivity contribution in [1.82, 2.24) is 4.98 Å². The zero-order valence-corrected chi connectivity index (χ0v) is 13.7. The number of sulfone groups is 1. The van der Waals surface area contributed by atoms with E-state index in [4.69, 9.17) is 4.84 Å². The summed E-state index contributed by atoms with van der Waals surface area (Å²) in [6, 6.07) is 9.82. The summed E-state index contributed by atoms with van der Waals surface area (Å²) in [6.45, 7) is 0.